The lowest BCUT2D eigenvalue weighted by atomic mass is 9.86. The first-order valence-electron chi connectivity index (χ1n) is 8.79. The van der Waals surface area contributed by atoms with E-state index in [-0.39, 0.29) is 5.96 Å². The van der Waals surface area contributed by atoms with E-state index < -0.39 is 17.7 Å². The van der Waals surface area contributed by atoms with Crippen molar-refractivity contribution in [3.05, 3.63) is 59.2 Å². The first-order valence-corrected chi connectivity index (χ1v) is 8.79. The summed E-state index contributed by atoms with van der Waals surface area (Å²) < 4.78 is 5.89. The second-order valence-corrected chi connectivity index (χ2v) is 7.01. The maximum absolute atomic E-state index is 10.9. The number of anilines is 1. The zero-order valence-corrected chi connectivity index (χ0v) is 15.8. The van der Waals surface area contributed by atoms with Crippen LogP contribution in [0.5, 0.6) is 5.75 Å². The largest absolute Gasteiger partial charge is 0.485 e. The van der Waals surface area contributed by atoms with Gasteiger partial charge in [-0.15, -0.1) is 4.99 Å². The number of fused-ring (bicyclic) bond motifs is 1. The Labute approximate surface area is 168 Å². The monoisotopic (exact) mass is 386 g/mol. The zero-order valence-electron chi connectivity index (χ0n) is 15.8. The summed E-state index contributed by atoms with van der Waals surface area (Å²) in [5.74, 6) is 0.652. The van der Waals surface area contributed by atoms with Gasteiger partial charge in [0.2, 0.25) is 12.2 Å². The van der Waals surface area contributed by atoms with Crippen molar-refractivity contribution in [1.82, 2.24) is 5.32 Å². The van der Waals surface area contributed by atoms with E-state index in [9.17, 15) is 10.4 Å². The molecule has 29 heavy (non-hydrogen) atoms. The molecule has 2 aromatic carbocycles. The van der Waals surface area contributed by atoms with Crippen molar-refractivity contribution in [1.29, 1.82) is 15.8 Å². The Balaban J connectivity index is 1.94. The number of nitrogens with one attached hydrogen (secondary N) is 2. The summed E-state index contributed by atoms with van der Waals surface area (Å²) in [6.45, 7) is 3.51. The fraction of sp³-hybridized carbons (Fsp3) is 0.238. The third-order valence-electron chi connectivity index (χ3n) is 4.61. The molecule has 0 bridgehead atoms. The molecule has 8 heteroatoms. The van der Waals surface area contributed by atoms with E-state index in [2.05, 4.69) is 21.7 Å². The van der Waals surface area contributed by atoms with E-state index in [1.165, 1.54) is 0 Å². The average molecular weight is 386 g/mol. The van der Waals surface area contributed by atoms with E-state index in [4.69, 9.17) is 15.3 Å². The van der Waals surface area contributed by atoms with Crippen LogP contribution in [-0.4, -0.2) is 22.8 Å². The van der Waals surface area contributed by atoms with Crippen LogP contribution in [0.1, 0.15) is 36.6 Å². The summed E-state index contributed by atoms with van der Waals surface area (Å²) in [7, 11) is 0. The van der Waals surface area contributed by atoms with E-state index in [0.717, 1.165) is 0 Å². The number of hydrogen-bond acceptors (Lipinski definition) is 6. The van der Waals surface area contributed by atoms with Crippen molar-refractivity contribution in [3.8, 4) is 24.1 Å². The van der Waals surface area contributed by atoms with Gasteiger partial charge in [-0.3, -0.25) is 0 Å². The van der Waals surface area contributed by atoms with Crippen LogP contribution >= 0.6 is 0 Å². The summed E-state index contributed by atoms with van der Waals surface area (Å²) in [4.78, 5) is 3.77. The molecule has 0 fully saturated rings. The average Bonchev–Trinajstić information content (AvgIpc) is 2.71. The maximum Gasteiger partial charge on any atom is 0.212 e. The molecule has 0 radical (unpaired) electrons. The summed E-state index contributed by atoms with van der Waals surface area (Å²) >= 11 is 0. The second-order valence-electron chi connectivity index (χ2n) is 7.01. The first kappa shape index (κ1) is 19.7. The Hall–Kier alpha value is -4.06. The molecule has 8 nitrogen and oxygen atoms in total. The molecule has 1 aliphatic rings. The number of rotatable bonds is 2. The highest BCUT2D eigenvalue weighted by atomic mass is 16.5. The second kappa shape index (κ2) is 7.90. The van der Waals surface area contributed by atoms with Crippen LogP contribution in [0.4, 0.5) is 5.69 Å². The number of benzene rings is 2. The Morgan fingerprint density at radius 1 is 1.07 bits per heavy atom. The molecular formula is C21H18N6O2. The SMILES string of the molecule is CC1(C)Oc2ccc(C#N)cc2[C@@H](NC(=NC#N)Nc2ccc(C#N)cc2)[C@@H]1O. The quantitative estimate of drug-likeness (QED) is 0.410. The predicted octanol–water partition coefficient (Wildman–Crippen LogP) is 2.54. The molecule has 1 aliphatic heterocycles. The minimum absolute atomic E-state index is 0.118. The Bertz CT molecular complexity index is 1070. The van der Waals surface area contributed by atoms with E-state index in [1.807, 2.05) is 6.07 Å². The Kier molecular flexibility index (Phi) is 5.36. The zero-order chi connectivity index (χ0) is 21.0. The van der Waals surface area contributed by atoms with E-state index >= 15 is 0 Å². The van der Waals surface area contributed by atoms with Crippen LogP contribution in [-0.2, 0) is 0 Å². The fourth-order valence-electron chi connectivity index (χ4n) is 3.08. The highest BCUT2D eigenvalue weighted by Crippen LogP contribution is 2.40. The van der Waals surface area contributed by atoms with Gasteiger partial charge in [0.25, 0.3) is 0 Å². The molecule has 0 unspecified atom stereocenters. The van der Waals surface area contributed by atoms with Crippen LogP contribution < -0.4 is 15.4 Å². The van der Waals surface area contributed by atoms with Crippen molar-refractivity contribution in [2.45, 2.75) is 31.6 Å². The third-order valence-corrected chi connectivity index (χ3v) is 4.61. The van der Waals surface area contributed by atoms with Crippen LogP contribution in [0.2, 0.25) is 0 Å². The van der Waals surface area contributed by atoms with Crippen LogP contribution in [0.15, 0.2) is 47.5 Å². The smallest absolute Gasteiger partial charge is 0.212 e. The van der Waals surface area contributed by atoms with Crippen LogP contribution in [0.25, 0.3) is 0 Å². The summed E-state index contributed by atoms with van der Waals surface area (Å²) in [5.41, 5.74) is 1.21. The molecule has 3 N–H and O–H groups in total. The first-order chi connectivity index (χ1) is 13.9. The number of ether oxygens (including phenoxy) is 1. The van der Waals surface area contributed by atoms with Gasteiger partial charge in [0.15, 0.2) is 0 Å². The Morgan fingerprint density at radius 2 is 1.72 bits per heavy atom. The summed E-state index contributed by atoms with van der Waals surface area (Å²) in [5, 5.41) is 44.1. The molecule has 3 rings (SSSR count). The summed E-state index contributed by atoms with van der Waals surface area (Å²) in [6.07, 6.45) is 0.737. The molecule has 0 aromatic heterocycles. The van der Waals surface area contributed by atoms with Gasteiger partial charge in [-0.05, 0) is 56.3 Å². The minimum atomic E-state index is -0.990. The third kappa shape index (κ3) is 4.11. The van der Waals surface area contributed by atoms with Crippen molar-refractivity contribution < 1.29 is 9.84 Å². The highest BCUT2D eigenvalue weighted by molar-refractivity contribution is 5.94. The van der Waals surface area contributed by atoms with Gasteiger partial charge < -0.3 is 20.5 Å². The number of aliphatic hydroxyl groups is 1. The van der Waals surface area contributed by atoms with Crippen LogP contribution in [0.3, 0.4) is 0 Å². The lowest BCUT2D eigenvalue weighted by Gasteiger charge is -2.42. The standard InChI is InChI=1S/C21H18N6O2/c1-21(2)19(28)18(16-9-14(11-23)5-8-17(16)29-21)27-20(25-12-24)26-15-6-3-13(10-22)4-7-15/h3-9,18-19,28H,1-2H3,(H2,25,26,27)/t18-,19+/m1/s1. The van der Waals surface area contributed by atoms with Crippen molar-refractivity contribution in [2.24, 2.45) is 4.99 Å². The summed E-state index contributed by atoms with van der Waals surface area (Å²) in [6, 6.07) is 15.0. The molecule has 1 heterocycles. The Morgan fingerprint density at radius 3 is 2.34 bits per heavy atom. The van der Waals surface area contributed by atoms with Gasteiger partial charge in [0, 0.05) is 11.3 Å². The predicted molar refractivity (Wildman–Crippen MR) is 106 cm³/mol. The van der Waals surface area contributed by atoms with E-state index in [0.29, 0.717) is 28.1 Å². The number of nitrogens with zero attached hydrogens (tertiary/aromatic N) is 4. The fourth-order valence-corrected chi connectivity index (χ4v) is 3.08. The number of aliphatic imine (C=N–C) groups is 1. The van der Waals surface area contributed by atoms with Crippen molar-refractivity contribution >= 4 is 11.6 Å². The van der Waals surface area contributed by atoms with E-state index in [1.54, 1.807) is 62.5 Å². The molecule has 0 saturated heterocycles. The lowest BCUT2D eigenvalue weighted by Crippen LogP contribution is -2.54. The van der Waals surface area contributed by atoms with Gasteiger partial charge in [-0.2, -0.15) is 15.8 Å². The van der Waals surface area contributed by atoms with Gasteiger partial charge >= 0.3 is 0 Å². The van der Waals surface area contributed by atoms with Crippen molar-refractivity contribution in [3.63, 3.8) is 0 Å². The lowest BCUT2D eigenvalue weighted by molar-refractivity contribution is -0.0610. The molecule has 0 amide bonds. The molecular weight excluding hydrogens is 368 g/mol. The van der Waals surface area contributed by atoms with Crippen LogP contribution in [0, 0.1) is 34.1 Å². The normalized spacial score (nSPS) is 19.5. The highest BCUT2D eigenvalue weighted by Gasteiger charge is 2.43. The molecule has 0 saturated carbocycles. The molecule has 0 spiro atoms. The number of hydrogen-bond donors (Lipinski definition) is 3. The van der Waals surface area contributed by atoms with Gasteiger partial charge in [-0.25, -0.2) is 0 Å². The molecule has 144 valence electrons. The van der Waals surface area contributed by atoms with Gasteiger partial charge in [0.05, 0.1) is 29.3 Å². The van der Waals surface area contributed by atoms with Crippen molar-refractivity contribution in [2.75, 3.05) is 5.32 Å². The molecule has 2 aromatic rings. The van der Waals surface area contributed by atoms with Gasteiger partial charge in [-0.1, -0.05) is 0 Å². The van der Waals surface area contributed by atoms with Gasteiger partial charge in [0.1, 0.15) is 17.5 Å². The number of nitriles is 3. The molecule has 2 atom stereocenters. The number of aliphatic hydroxyl groups excluding tert-OH is 1. The molecule has 0 aliphatic carbocycles. The minimum Gasteiger partial charge on any atom is -0.485 e. The maximum atomic E-state index is 10.9. The topological polar surface area (TPSA) is 137 Å². The number of guanidine groups is 1.